The molecule has 1 heteroatoms. The van der Waals surface area contributed by atoms with Gasteiger partial charge in [-0.1, -0.05) is 24.8 Å². The average Bonchev–Trinajstić information content (AvgIpc) is 2.17. The van der Waals surface area contributed by atoms with Crippen molar-refractivity contribution in [2.45, 2.75) is 0 Å². The molecule has 2 rings (SSSR count). The van der Waals surface area contributed by atoms with Crippen LogP contribution in [-0.4, -0.2) is 11.4 Å². The Morgan fingerprint density at radius 3 is 3.33 bits per heavy atom. The lowest BCUT2D eigenvalue weighted by Gasteiger charge is -2.27. The van der Waals surface area contributed by atoms with E-state index >= 15 is 0 Å². The van der Waals surface area contributed by atoms with E-state index in [1.165, 1.54) is 0 Å². The predicted octanol–water partition coefficient (Wildman–Crippen LogP) is 1.99. The Kier molecular flexibility index (Phi) is 1.71. The van der Waals surface area contributed by atoms with Crippen LogP contribution in [0.3, 0.4) is 0 Å². The second-order valence-corrected chi connectivity index (χ2v) is 2.67. The lowest BCUT2D eigenvalue weighted by Crippen LogP contribution is -2.21. The van der Waals surface area contributed by atoms with Gasteiger partial charge in [-0.25, -0.2) is 0 Å². The van der Waals surface area contributed by atoms with Gasteiger partial charge in [-0.05, 0) is 18.2 Å². The molecule has 2 aliphatic rings. The van der Waals surface area contributed by atoms with Crippen LogP contribution >= 0.6 is 0 Å². The molecule has 0 saturated carbocycles. The van der Waals surface area contributed by atoms with Gasteiger partial charge in [0.15, 0.2) is 0 Å². The summed E-state index contributed by atoms with van der Waals surface area (Å²) in [5, 5.41) is 0. The van der Waals surface area contributed by atoms with Gasteiger partial charge >= 0.3 is 0 Å². The summed E-state index contributed by atoms with van der Waals surface area (Å²) in [7, 11) is 0. The fourth-order valence-electron chi connectivity index (χ4n) is 1.34. The minimum absolute atomic E-state index is 0.918. The molecule has 0 aromatic heterocycles. The number of allylic oxidation sites excluding steroid dienone is 5. The molecule has 0 amide bonds. The number of hydrogen-bond acceptors (Lipinski definition) is 1. The van der Waals surface area contributed by atoms with Gasteiger partial charge in [0.05, 0.1) is 0 Å². The van der Waals surface area contributed by atoms with Crippen molar-refractivity contribution < 1.29 is 0 Å². The lowest BCUT2D eigenvalue weighted by molar-refractivity contribution is 0.516. The summed E-state index contributed by atoms with van der Waals surface area (Å²) in [6.45, 7) is 6.38. The largest absolute Gasteiger partial charge is 0.344 e. The van der Waals surface area contributed by atoms with Crippen LogP contribution < -0.4 is 0 Å². The molecule has 2 radical (unpaired) electrons. The van der Waals surface area contributed by atoms with Gasteiger partial charge in [0.2, 0.25) is 0 Å². The molecule has 0 bridgehead atoms. The van der Waals surface area contributed by atoms with Crippen molar-refractivity contribution in [2.75, 3.05) is 6.54 Å². The highest BCUT2D eigenvalue weighted by Crippen LogP contribution is 2.22. The quantitative estimate of drug-likeness (QED) is 0.559. The standard InChI is InChI=1S/C11H9N/c1-2-10-6-5-9-12-8-4-3-7-11(10)12/h1-5,7,9H,8H2. The molecule has 12 heavy (non-hydrogen) atoms. The molecule has 0 unspecified atom stereocenters. The topological polar surface area (TPSA) is 3.24 Å². The van der Waals surface area contributed by atoms with Gasteiger partial charge in [0.1, 0.15) is 0 Å². The zero-order valence-electron chi connectivity index (χ0n) is 6.70. The van der Waals surface area contributed by atoms with Gasteiger partial charge in [0, 0.05) is 24.0 Å². The van der Waals surface area contributed by atoms with Crippen LogP contribution in [0.25, 0.3) is 0 Å². The van der Waals surface area contributed by atoms with Crippen molar-refractivity contribution in [1.82, 2.24) is 4.90 Å². The van der Waals surface area contributed by atoms with Crippen molar-refractivity contribution in [2.24, 2.45) is 0 Å². The molecule has 0 aromatic rings. The van der Waals surface area contributed by atoms with E-state index in [4.69, 9.17) is 6.58 Å². The minimum atomic E-state index is 0.918. The van der Waals surface area contributed by atoms with E-state index in [-0.39, 0.29) is 0 Å². The molecule has 0 atom stereocenters. The highest BCUT2D eigenvalue weighted by Gasteiger charge is 2.12. The van der Waals surface area contributed by atoms with Gasteiger partial charge in [-0.15, -0.1) is 0 Å². The van der Waals surface area contributed by atoms with Gasteiger partial charge in [0.25, 0.3) is 0 Å². The first-order valence-corrected chi connectivity index (χ1v) is 3.91. The van der Waals surface area contributed by atoms with Crippen molar-refractivity contribution in [3.05, 3.63) is 60.5 Å². The van der Waals surface area contributed by atoms with E-state index in [0.29, 0.717) is 0 Å². The van der Waals surface area contributed by atoms with Crippen LogP contribution in [-0.2, 0) is 0 Å². The van der Waals surface area contributed by atoms with Crippen LogP contribution in [0.1, 0.15) is 0 Å². The summed E-state index contributed by atoms with van der Waals surface area (Å²) in [5.74, 6) is 0. The van der Waals surface area contributed by atoms with Crippen molar-refractivity contribution in [3.8, 4) is 0 Å². The predicted molar refractivity (Wildman–Crippen MR) is 48.7 cm³/mol. The van der Waals surface area contributed by atoms with E-state index in [2.05, 4.69) is 17.1 Å². The Morgan fingerprint density at radius 2 is 2.50 bits per heavy atom. The smallest absolute Gasteiger partial charge is 0.0488 e. The number of nitrogens with zero attached hydrogens (tertiary/aromatic N) is 1. The maximum Gasteiger partial charge on any atom is 0.0488 e. The SMILES string of the molecule is [CH]=CC1=[C]C=CN2CC=CC=C12. The third-order valence-electron chi connectivity index (χ3n) is 1.94. The molecule has 0 spiro atoms. The molecule has 0 aromatic carbocycles. The van der Waals surface area contributed by atoms with E-state index in [1.54, 1.807) is 6.08 Å². The second-order valence-electron chi connectivity index (χ2n) is 2.67. The van der Waals surface area contributed by atoms with Crippen LogP contribution in [0, 0.1) is 12.7 Å². The number of fused-ring (bicyclic) bond motifs is 1. The van der Waals surface area contributed by atoms with Gasteiger partial charge < -0.3 is 4.90 Å². The highest BCUT2D eigenvalue weighted by molar-refractivity contribution is 5.44. The average molecular weight is 155 g/mol. The first-order chi connectivity index (χ1) is 5.92. The Morgan fingerprint density at radius 1 is 1.58 bits per heavy atom. The Bertz CT molecular complexity index is 316. The molecular weight excluding hydrogens is 146 g/mol. The maximum atomic E-state index is 5.46. The first kappa shape index (κ1) is 7.17. The normalized spacial score (nSPS) is 19.8. The summed E-state index contributed by atoms with van der Waals surface area (Å²) in [6, 6.07) is 0. The molecule has 0 saturated heterocycles. The van der Waals surface area contributed by atoms with E-state index in [0.717, 1.165) is 17.8 Å². The van der Waals surface area contributed by atoms with Gasteiger partial charge in [-0.3, -0.25) is 0 Å². The summed E-state index contributed by atoms with van der Waals surface area (Å²) >= 11 is 0. The molecule has 2 heterocycles. The monoisotopic (exact) mass is 155 g/mol. The Labute approximate surface area is 72.7 Å². The van der Waals surface area contributed by atoms with Crippen LogP contribution in [0.5, 0.6) is 0 Å². The fourth-order valence-corrected chi connectivity index (χ4v) is 1.34. The van der Waals surface area contributed by atoms with Crippen molar-refractivity contribution in [1.29, 1.82) is 0 Å². The second kappa shape index (κ2) is 2.86. The molecular formula is C11H9N. The zero-order valence-corrected chi connectivity index (χ0v) is 6.70. The van der Waals surface area contributed by atoms with E-state index in [1.807, 2.05) is 24.4 Å². The number of hydrogen-bond donors (Lipinski definition) is 0. The van der Waals surface area contributed by atoms with Crippen LogP contribution in [0.4, 0.5) is 0 Å². The molecule has 0 fully saturated rings. The van der Waals surface area contributed by atoms with Crippen molar-refractivity contribution in [3.63, 3.8) is 0 Å². The Hall–Kier alpha value is -1.50. The summed E-state index contributed by atoms with van der Waals surface area (Å²) < 4.78 is 0. The molecule has 2 aliphatic heterocycles. The maximum absolute atomic E-state index is 5.46. The first-order valence-electron chi connectivity index (χ1n) is 3.91. The number of rotatable bonds is 1. The molecule has 1 nitrogen and oxygen atoms in total. The summed E-state index contributed by atoms with van der Waals surface area (Å²) in [5.41, 5.74) is 2.09. The summed E-state index contributed by atoms with van der Waals surface area (Å²) in [6.07, 6.45) is 14.7. The lowest BCUT2D eigenvalue weighted by atomic mass is 10.1. The summed E-state index contributed by atoms with van der Waals surface area (Å²) in [4.78, 5) is 2.13. The minimum Gasteiger partial charge on any atom is -0.344 e. The molecule has 58 valence electrons. The molecule has 0 N–H and O–H groups in total. The van der Waals surface area contributed by atoms with Crippen LogP contribution in [0.2, 0.25) is 0 Å². The fraction of sp³-hybridized carbons (Fsp3) is 0.0909. The third kappa shape index (κ3) is 1.03. The Balaban J connectivity index is 2.41. The van der Waals surface area contributed by atoms with Crippen LogP contribution in [0.15, 0.2) is 47.9 Å². The highest BCUT2D eigenvalue weighted by atomic mass is 15.1. The third-order valence-corrected chi connectivity index (χ3v) is 1.94. The van der Waals surface area contributed by atoms with Gasteiger partial charge in [-0.2, -0.15) is 0 Å². The molecule has 0 aliphatic carbocycles. The van der Waals surface area contributed by atoms with Crippen molar-refractivity contribution >= 4 is 0 Å². The zero-order chi connectivity index (χ0) is 8.39. The van der Waals surface area contributed by atoms with E-state index in [9.17, 15) is 0 Å². The van der Waals surface area contributed by atoms with E-state index < -0.39 is 0 Å².